The van der Waals surface area contributed by atoms with Gasteiger partial charge in [-0.3, -0.25) is 9.79 Å². The predicted molar refractivity (Wildman–Crippen MR) is 101 cm³/mol. The summed E-state index contributed by atoms with van der Waals surface area (Å²) in [5.41, 5.74) is 2.25. The third kappa shape index (κ3) is 3.52. The SMILES string of the molecule is CC(N=CC1CCC(c2ccc(=O)[nH]c2)C1)c1cccc2c1OCCO2. The van der Waals surface area contributed by atoms with Crippen molar-refractivity contribution in [3.05, 3.63) is 58.0 Å². The number of benzene rings is 1. The zero-order valence-corrected chi connectivity index (χ0v) is 15.0. The number of aromatic amines is 1. The molecular formula is C21H24N2O3. The van der Waals surface area contributed by atoms with E-state index in [2.05, 4.69) is 24.2 Å². The molecule has 1 fully saturated rings. The predicted octanol–water partition coefficient (Wildman–Crippen LogP) is 3.86. The summed E-state index contributed by atoms with van der Waals surface area (Å²) < 4.78 is 11.5. The molecule has 2 aliphatic rings. The average Bonchev–Trinajstić information content (AvgIpc) is 3.15. The van der Waals surface area contributed by atoms with Crippen molar-refractivity contribution in [2.75, 3.05) is 13.2 Å². The van der Waals surface area contributed by atoms with E-state index < -0.39 is 0 Å². The van der Waals surface area contributed by atoms with Crippen LogP contribution in [0.2, 0.25) is 0 Å². The van der Waals surface area contributed by atoms with E-state index in [1.807, 2.05) is 24.4 Å². The second-order valence-electron chi connectivity index (χ2n) is 7.10. The highest BCUT2D eigenvalue weighted by molar-refractivity contribution is 5.62. The summed E-state index contributed by atoms with van der Waals surface area (Å²) in [6, 6.07) is 9.60. The highest BCUT2D eigenvalue weighted by Gasteiger charge is 2.25. The third-order valence-corrected chi connectivity index (χ3v) is 5.32. The minimum Gasteiger partial charge on any atom is -0.486 e. The van der Waals surface area contributed by atoms with Crippen LogP contribution in [0.3, 0.4) is 0 Å². The lowest BCUT2D eigenvalue weighted by molar-refractivity contribution is 0.169. The van der Waals surface area contributed by atoms with Crippen LogP contribution in [-0.4, -0.2) is 24.4 Å². The van der Waals surface area contributed by atoms with Gasteiger partial charge in [0.2, 0.25) is 5.56 Å². The minimum absolute atomic E-state index is 0.0405. The van der Waals surface area contributed by atoms with E-state index in [0.29, 0.717) is 25.0 Å². The number of para-hydroxylation sites is 1. The Morgan fingerprint density at radius 2 is 2.08 bits per heavy atom. The monoisotopic (exact) mass is 352 g/mol. The number of fused-ring (bicyclic) bond motifs is 1. The van der Waals surface area contributed by atoms with Gasteiger partial charge in [0.15, 0.2) is 11.5 Å². The number of aromatic nitrogens is 1. The summed E-state index contributed by atoms with van der Waals surface area (Å²) in [5, 5.41) is 0. The Labute approximate surface area is 153 Å². The smallest absolute Gasteiger partial charge is 0.247 e. The van der Waals surface area contributed by atoms with E-state index >= 15 is 0 Å². The molecule has 26 heavy (non-hydrogen) atoms. The first-order valence-corrected chi connectivity index (χ1v) is 9.31. The first kappa shape index (κ1) is 16.9. The Bertz CT molecular complexity index is 838. The molecule has 1 N–H and O–H groups in total. The first-order valence-electron chi connectivity index (χ1n) is 9.31. The summed E-state index contributed by atoms with van der Waals surface area (Å²) in [4.78, 5) is 18.8. The molecule has 1 aliphatic heterocycles. The van der Waals surface area contributed by atoms with Crippen LogP contribution in [0.4, 0.5) is 0 Å². The number of H-pyrrole nitrogens is 1. The van der Waals surface area contributed by atoms with Gasteiger partial charge < -0.3 is 14.5 Å². The number of rotatable bonds is 4. The van der Waals surface area contributed by atoms with Crippen molar-refractivity contribution in [2.45, 2.75) is 38.1 Å². The van der Waals surface area contributed by atoms with Gasteiger partial charge in [-0.1, -0.05) is 18.2 Å². The molecule has 1 aromatic carbocycles. The topological polar surface area (TPSA) is 63.7 Å². The quantitative estimate of drug-likeness (QED) is 0.850. The summed E-state index contributed by atoms with van der Waals surface area (Å²) in [7, 11) is 0. The number of hydrogen-bond donors (Lipinski definition) is 1. The Kier molecular flexibility index (Phi) is 4.78. The van der Waals surface area contributed by atoms with Crippen LogP contribution in [0, 0.1) is 5.92 Å². The van der Waals surface area contributed by atoms with E-state index in [0.717, 1.165) is 36.3 Å². The van der Waals surface area contributed by atoms with Crippen LogP contribution in [0.5, 0.6) is 11.5 Å². The molecular weight excluding hydrogens is 328 g/mol. The van der Waals surface area contributed by atoms with Crippen LogP contribution < -0.4 is 15.0 Å². The number of nitrogens with zero attached hydrogens (tertiary/aromatic N) is 1. The van der Waals surface area contributed by atoms with Crippen molar-refractivity contribution >= 4 is 6.21 Å². The van der Waals surface area contributed by atoms with Gasteiger partial charge in [-0.25, -0.2) is 0 Å². The van der Waals surface area contributed by atoms with Gasteiger partial charge in [0, 0.05) is 24.0 Å². The van der Waals surface area contributed by atoms with Crippen molar-refractivity contribution < 1.29 is 9.47 Å². The Morgan fingerprint density at radius 1 is 1.19 bits per heavy atom. The molecule has 0 bridgehead atoms. The molecule has 136 valence electrons. The third-order valence-electron chi connectivity index (χ3n) is 5.32. The zero-order valence-electron chi connectivity index (χ0n) is 15.0. The molecule has 3 unspecified atom stereocenters. The maximum Gasteiger partial charge on any atom is 0.247 e. The Balaban J connectivity index is 1.42. The Morgan fingerprint density at radius 3 is 2.92 bits per heavy atom. The normalized spacial score (nSPS) is 23.3. The molecule has 0 spiro atoms. The lowest BCUT2D eigenvalue weighted by Gasteiger charge is -2.22. The summed E-state index contributed by atoms with van der Waals surface area (Å²) in [5.74, 6) is 2.63. The Hall–Kier alpha value is -2.56. The molecule has 5 nitrogen and oxygen atoms in total. The van der Waals surface area contributed by atoms with E-state index in [-0.39, 0.29) is 11.6 Å². The second-order valence-corrected chi connectivity index (χ2v) is 7.10. The molecule has 4 rings (SSSR count). The fourth-order valence-electron chi connectivity index (χ4n) is 3.89. The number of pyridine rings is 1. The molecule has 1 aromatic heterocycles. The fourth-order valence-corrected chi connectivity index (χ4v) is 3.89. The fraction of sp³-hybridized carbons (Fsp3) is 0.429. The van der Waals surface area contributed by atoms with Crippen LogP contribution >= 0.6 is 0 Å². The van der Waals surface area contributed by atoms with E-state index in [1.54, 1.807) is 6.07 Å². The largest absolute Gasteiger partial charge is 0.486 e. The maximum absolute atomic E-state index is 11.2. The molecule has 2 aromatic rings. The van der Waals surface area contributed by atoms with Crippen molar-refractivity contribution in [1.29, 1.82) is 0 Å². The van der Waals surface area contributed by atoms with Crippen molar-refractivity contribution in [3.8, 4) is 11.5 Å². The minimum atomic E-state index is -0.0453. The summed E-state index contributed by atoms with van der Waals surface area (Å²) >= 11 is 0. The molecule has 1 saturated carbocycles. The van der Waals surface area contributed by atoms with E-state index in [1.165, 1.54) is 5.56 Å². The van der Waals surface area contributed by atoms with Gasteiger partial charge in [-0.15, -0.1) is 0 Å². The molecule has 3 atom stereocenters. The van der Waals surface area contributed by atoms with Gasteiger partial charge in [-0.05, 0) is 49.7 Å². The lowest BCUT2D eigenvalue weighted by Crippen LogP contribution is -2.17. The summed E-state index contributed by atoms with van der Waals surface area (Å²) in [6.07, 6.45) is 7.30. The van der Waals surface area contributed by atoms with Gasteiger partial charge in [-0.2, -0.15) is 0 Å². The molecule has 2 heterocycles. The first-order chi connectivity index (χ1) is 12.7. The second kappa shape index (κ2) is 7.36. The molecule has 5 heteroatoms. The molecule has 0 amide bonds. The van der Waals surface area contributed by atoms with Crippen molar-refractivity contribution in [1.82, 2.24) is 4.98 Å². The highest BCUT2D eigenvalue weighted by atomic mass is 16.6. The summed E-state index contributed by atoms with van der Waals surface area (Å²) in [6.45, 7) is 3.28. The standard InChI is InChI=1S/C21H24N2O3/c1-14(18-3-2-4-19-21(18)26-10-9-25-19)22-12-15-5-6-16(11-15)17-7-8-20(24)23-13-17/h2-4,7-8,12-16H,5-6,9-11H2,1H3,(H,23,24). The van der Waals surface area contributed by atoms with Crippen molar-refractivity contribution in [3.63, 3.8) is 0 Å². The molecule has 0 saturated heterocycles. The van der Waals surface area contributed by atoms with Crippen LogP contribution in [0.25, 0.3) is 0 Å². The van der Waals surface area contributed by atoms with Crippen LogP contribution in [0.1, 0.15) is 49.3 Å². The number of aliphatic imine (C=N–C) groups is 1. The number of ether oxygens (including phenoxy) is 2. The van der Waals surface area contributed by atoms with Gasteiger partial charge in [0.05, 0.1) is 6.04 Å². The lowest BCUT2D eigenvalue weighted by atomic mass is 9.98. The van der Waals surface area contributed by atoms with E-state index in [9.17, 15) is 4.79 Å². The van der Waals surface area contributed by atoms with Gasteiger partial charge in [0.25, 0.3) is 0 Å². The number of nitrogens with one attached hydrogen (secondary N) is 1. The zero-order chi connectivity index (χ0) is 17.9. The number of hydrogen-bond acceptors (Lipinski definition) is 4. The van der Waals surface area contributed by atoms with Crippen molar-refractivity contribution in [2.24, 2.45) is 10.9 Å². The van der Waals surface area contributed by atoms with Crippen LogP contribution in [-0.2, 0) is 0 Å². The molecule has 0 radical (unpaired) electrons. The van der Waals surface area contributed by atoms with E-state index in [4.69, 9.17) is 14.5 Å². The van der Waals surface area contributed by atoms with Gasteiger partial charge >= 0.3 is 0 Å². The highest BCUT2D eigenvalue weighted by Crippen LogP contribution is 2.39. The van der Waals surface area contributed by atoms with Gasteiger partial charge in [0.1, 0.15) is 13.2 Å². The average molecular weight is 352 g/mol. The molecule has 1 aliphatic carbocycles. The van der Waals surface area contributed by atoms with Crippen LogP contribution in [0.15, 0.2) is 46.3 Å². The maximum atomic E-state index is 11.2.